The summed E-state index contributed by atoms with van der Waals surface area (Å²) in [5, 5.41) is 0. The van der Waals surface area contributed by atoms with Crippen LogP contribution < -0.4 is 0 Å². The quantitative estimate of drug-likeness (QED) is 0.431. The third-order valence-corrected chi connectivity index (χ3v) is 5.85. The highest BCUT2D eigenvalue weighted by atomic mass is 16.8. The second-order valence-corrected chi connectivity index (χ2v) is 8.07. The molecule has 160 valence electrons. The Morgan fingerprint density at radius 2 is 1.19 bits per heavy atom. The SMILES string of the molecule is CCCCOC(C)C1(OC2(C(C)OCCCC)CCCCO2)CCCCO1. The normalized spacial score (nSPS) is 31.6. The van der Waals surface area contributed by atoms with Crippen molar-refractivity contribution in [2.45, 2.75) is 116 Å². The third-order valence-electron chi connectivity index (χ3n) is 5.85. The molecular formula is C22H42O5. The zero-order chi connectivity index (χ0) is 19.6. The van der Waals surface area contributed by atoms with Crippen LogP contribution in [-0.4, -0.2) is 50.2 Å². The number of hydrogen-bond donors (Lipinski definition) is 0. The number of unbranched alkanes of at least 4 members (excludes halogenated alkanes) is 2. The highest BCUT2D eigenvalue weighted by molar-refractivity contribution is 4.89. The molecule has 0 radical (unpaired) electrons. The van der Waals surface area contributed by atoms with Gasteiger partial charge in [-0.1, -0.05) is 26.7 Å². The van der Waals surface area contributed by atoms with Crippen molar-refractivity contribution in [2.75, 3.05) is 26.4 Å². The molecule has 0 aromatic heterocycles. The van der Waals surface area contributed by atoms with E-state index >= 15 is 0 Å². The Kier molecular flexibility index (Phi) is 10.0. The fraction of sp³-hybridized carbons (Fsp3) is 1.00. The summed E-state index contributed by atoms with van der Waals surface area (Å²) >= 11 is 0. The number of hydrogen-bond acceptors (Lipinski definition) is 5. The Hall–Kier alpha value is -0.200. The second kappa shape index (κ2) is 11.7. The summed E-state index contributed by atoms with van der Waals surface area (Å²) in [6.45, 7) is 11.4. The van der Waals surface area contributed by atoms with E-state index in [0.29, 0.717) is 13.2 Å². The van der Waals surface area contributed by atoms with Gasteiger partial charge in [0, 0.05) is 26.1 Å². The van der Waals surface area contributed by atoms with Gasteiger partial charge in [0.15, 0.2) is 11.6 Å². The van der Waals surface area contributed by atoms with Crippen LogP contribution in [0.4, 0.5) is 0 Å². The molecule has 5 heteroatoms. The number of rotatable bonds is 12. The van der Waals surface area contributed by atoms with Crippen molar-refractivity contribution in [2.24, 2.45) is 0 Å². The Bertz CT molecular complexity index is 352. The van der Waals surface area contributed by atoms with Crippen LogP contribution in [0.5, 0.6) is 0 Å². The highest BCUT2D eigenvalue weighted by Crippen LogP contribution is 2.41. The zero-order valence-electron chi connectivity index (χ0n) is 18.1. The fourth-order valence-corrected chi connectivity index (χ4v) is 3.90. The molecule has 2 aliphatic heterocycles. The first-order valence-electron chi connectivity index (χ1n) is 11.3. The molecule has 2 aliphatic rings. The van der Waals surface area contributed by atoms with E-state index in [2.05, 4.69) is 27.7 Å². The van der Waals surface area contributed by atoms with Gasteiger partial charge < -0.3 is 23.7 Å². The van der Waals surface area contributed by atoms with Crippen molar-refractivity contribution in [3.63, 3.8) is 0 Å². The van der Waals surface area contributed by atoms with Gasteiger partial charge in [0.25, 0.3) is 0 Å². The molecule has 0 saturated carbocycles. The van der Waals surface area contributed by atoms with Crippen LogP contribution in [0.25, 0.3) is 0 Å². The molecule has 4 atom stereocenters. The zero-order valence-corrected chi connectivity index (χ0v) is 18.1. The van der Waals surface area contributed by atoms with Crippen molar-refractivity contribution >= 4 is 0 Å². The van der Waals surface area contributed by atoms with Crippen molar-refractivity contribution in [3.8, 4) is 0 Å². The number of ether oxygens (including phenoxy) is 5. The smallest absolute Gasteiger partial charge is 0.197 e. The maximum Gasteiger partial charge on any atom is 0.197 e. The van der Waals surface area contributed by atoms with E-state index in [-0.39, 0.29) is 12.2 Å². The van der Waals surface area contributed by atoms with E-state index in [4.69, 9.17) is 23.7 Å². The lowest BCUT2D eigenvalue weighted by atomic mass is 9.96. The summed E-state index contributed by atoms with van der Waals surface area (Å²) in [5.74, 6) is -1.49. The molecular weight excluding hydrogens is 344 g/mol. The van der Waals surface area contributed by atoms with E-state index in [1.807, 2.05) is 0 Å². The topological polar surface area (TPSA) is 46.2 Å². The van der Waals surface area contributed by atoms with Gasteiger partial charge in [-0.15, -0.1) is 0 Å². The average molecular weight is 387 g/mol. The minimum atomic E-state index is -0.744. The third kappa shape index (κ3) is 6.40. The summed E-state index contributed by atoms with van der Waals surface area (Å²) in [6.07, 6.45) is 10.1. The molecule has 2 rings (SSSR count). The molecule has 0 aromatic rings. The molecule has 4 unspecified atom stereocenters. The largest absolute Gasteiger partial charge is 0.373 e. The van der Waals surface area contributed by atoms with Crippen molar-refractivity contribution < 1.29 is 23.7 Å². The van der Waals surface area contributed by atoms with Gasteiger partial charge in [-0.25, -0.2) is 0 Å². The second-order valence-electron chi connectivity index (χ2n) is 8.07. The maximum absolute atomic E-state index is 6.80. The van der Waals surface area contributed by atoms with E-state index in [0.717, 1.165) is 77.4 Å². The predicted octanol–water partition coefficient (Wildman–Crippen LogP) is 5.21. The lowest BCUT2D eigenvalue weighted by Gasteiger charge is -2.50. The van der Waals surface area contributed by atoms with Crippen molar-refractivity contribution in [1.29, 1.82) is 0 Å². The van der Waals surface area contributed by atoms with Crippen LogP contribution in [-0.2, 0) is 23.7 Å². The molecule has 0 bridgehead atoms. The van der Waals surface area contributed by atoms with E-state index < -0.39 is 11.6 Å². The van der Waals surface area contributed by atoms with Gasteiger partial charge in [-0.2, -0.15) is 0 Å². The molecule has 0 aliphatic carbocycles. The van der Waals surface area contributed by atoms with Crippen LogP contribution in [0.1, 0.15) is 91.9 Å². The van der Waals surface area contributed by atoms with Gasteiger partial charge >= 0.3 is 0 Å². The molecule has 2 saturated heterocycles. The standard InChI is InChI=1S/C22H42O5/c1-5-7-15-23-19(3)21(13-9-11-17-25-21)27-22(14-10-12-18-26-22)20(4)24-16-8-6-2/h19-20H,5-18H2,1-4H3. The Balaban J connectivity index is 2.13. The van der Waals surface area contributed by atoms with Crippen LogP contribution in [0, 0.1) is 0 Å². The summed E-state index contributed by atoms with van der Waals surface area (Å²) in [5.41, 5.74) is 0. The first-order valence-corrected chi connectivity index (χ1v) is 11.3. The first-order chi connectivity index (χ1) is 13.1. The van der Waals surface area contributed by atoms with Crippen molar-refractivity contribution in [1.82, 2.24) is 0 Å². The van der Waals surface area contributed by atoms with Crippen LogP contribution in [0.15, 0.2) is 0 Å². The Morgan fingerprint density at radius 1 is 0.741 bits per heavy atom. The monoisotopic (exact) mass is 386 g/mol. The lowest BCUT2D eigenvalue weighted by Crippen LogP contribution is -2.60. The predicted molar refractivity (Wildman–Crippen MR) is 107 cm³/mol. The summed E-state index contributed by atoms with van der Waals surface area (Å²) in [6, 6.07) is 0. The maximum atomic E-state index is 6.80. The minimum Gasteiger partial charge on any atom is -0.373 e. The highest BCUT2D eigenvalue weighted by Gasteiger charge is 2.52. The molecule has 0 aromatic carbocycles. The van der Waals surface area contributed by atoms with E-state index in [9.17, 15) is 0 Å². The molecule has 0 amide bonds. The van der Waals surface area contributed by atoms with Gasteiger partial charge in [-0.05, 0) is 52.4 Å². The van der Waals surface area contributed by atoms with Crippen LogP contribution in [0.2, 0.25) is 0 Å². The summed E-state index contributed by atoms with van der Waals surface area (Å²) < 4.78 is 31.6. The average Bonchev–Trinajstić information content (AvgIpc) is 2.69. The first kappa shape index (κ1) is 23.1. The van der Waals surface area contributed by atoms with E-state index in [1.165, 1.54) is 0 Å². The molecule has 2 heterocycles. The Labute approximate surface area is 166 Å². The molecule has 2 fully saturated rings. The van der Waals surface area contributed by atoms with Gasteiger partial charge in [0.1, 0.15) is 12.2 Å². The van der Waals surface area contributed by atoms with Crippen molar-refractivity contribution in [3.05, 3.63) is 0 Å². The van der Waals surface area contributed by atoms with Gasteiger partial charge in [-0.3, -0.25) is 0 Å². The minimum absolute atomic E-state index is 0.130. The molecule has 5 nitrogen and oxygen atoms in total. The molecule has 0 spiro atoms. The van der Waals surface area contributed by atoms with Crippen LogP contribution >= 0.6 is 0 Å². The summed E-state index contributed by atoms with van der Waals surface area (Å²) in [4.78, 5) is 0. The van der Waals surface area contributed by atoms with Gasteiger partial charge in [0.05, 0.1) is 13.2 Å². The molecule has 27 heavy (non-hydrogen) atoms. The van der Waals surface area contributed by atoms with Crippen LogP contribution in [0.3, 0.4) is 0 Å². The van der Waals surface area contributed by atoms with Gasteiger partial charge in [0.2, 0.25) is 0 Å². The molecule has 0 N–H and O–H groups in total. The lowest BCUT2D eigenvalue weighted by molar-refractivity contribution is -0.418. The Morgan fingerprint density at radius 3 is 1.52 bits per heavy atom. The van der Waals surface area contributed by atoms with E-state index in [1.54, 1.807) is 0 Å². The fourth-order valence-electron chi connectivity index (χ4n) is 3.90. The summed E-state index contributed by atoms with van der Waals surface area (Å²) in [7, 11) is 0.